The van der Waals surface area contributed by atoms with E-state index in [1.165, 1.54) is 45.8 Å². The summed E-state index contributed by atoms with van der Waals surface area (Å²) in [6.45, 7) is 14.3. The zero-order valence-corrected chi connectivity index (χ0v) is 20.1. The van der Waals surface area contributed by atoms with Gasteiger partial charge in [0, 0.05) is 30.2 Å². The predicted molar refractivity (Wildman–Crippen MR) is 131 cm³/mol. The van der Waals surface area contributed by atoms with E-state index in [0.717, 1.165) is 38.2 Å². The van der Waals surface area contributed by atoms with Crippen LogP contribution in [0.25, 0.3) is 0 Å². The third kappa shape index (κ3) is 5.94. The van der Waals surface area contributed by atoms with Gasteiger partial charge in [0.2, 0.25) is 0 Å². The van der Waals surface area contributed by atoms with Crippen molar-refractivity contribution in [3.05, 3.63) is 52.8 Å². The maximum atomic E-state index is 13.4. The van der Waals surface area contributed by atoms with Crippen LogP contribution in [0.1, 0.15) is 63.6 Å². The highest BCUT2D eigenvalue weighted by Crippen LogP contribution is 2.41. The SMILES string of the molecule is CCSc1cc2c(c(C)c1NCCC(C)(C)C)CCCCN2Cc1ccc(F)cc1. The van der Waals surface area contributed by atoms with Crippen LogP contribution in [0.4, 0.5) is 15.8 Å². The normalized spacial score (nSPS) is 14.4. The molecule has 0 fully saturated rings. The van der Waals surface area contributed by atoms with E-state index in [1.54, 1.807) is 12.1 Å². The highest BCUT2D eigenvalue weighted by atomic mass is 32.2. The molecule has 0 saturated heterocycles. The summed E-state index contributed by atoms with van der Waals surface area (Å²) in [6.07, 6.45) is 4.69. The van der Waals surface area contributed by atoms with Gasteiger partial charge in [0.1, 0.15) is 5.82 Å². The Kier molecular flexibility index (Phi) is 7.73. The van der Waals surface area contributed by atoms with E-state index in [0.29, 0.717) is 5.41 Å². The van der Waals surface area contributed by atoms with Crippen LogP contribution in [0.15, 0.2) is 35.2 Å². The van der Waals surface area contributed by atoms with E-state index in [-0.39, 0.29) is 5.82 Å². The lowest BCUT2D eigenvalue weighted by atomic mass is 9.92. The van der Waals surface area contributed by atoms with Crippen molar-refractivity contribution < 1.29 is 4.39 Å². The van der Waals surface area contributed by atoms with Gasteiger partial charge in [-0.1, -0.05) is 39.8 Å². The van der Waals surface area contributed by atoms with Crippen LogP contribution in [0.3, 0.4) is 0 Å². The molecule has 0 spiro atoms. The molecule has 0 radical (unpaired) electrons. The monoisotopic (exact) mass is 428 g/mol. The lowest BCUT2D eigenvalue weighted by Crippen LogP contribution is -2.24. The fraction of sp³-hybridized carbons (Fsp3) is 0.538. The van der Waals surface area contributed by atoms with Gasteiger partial charge >= 0.3 is 0 Å². The quantitative estimate of drug-likeness (QED) is 0.461. The minimum Gasteiger partial charge on any atom is -0.384 e. The number of halogens is 1. The second-order valence-corrected chi connectivity index (χ2v) is 10.9. The Bertz CT molecular complexity index is 840. The van der Waals surface area contributed by atoms with Crippen molar-refractivity contribution in [3.8, 4) is 0 Å². The number of benzene rings is 2. The summed E-state index contributed by atoms with van der Waals surface area (Å²) in [4.78, 5) is 3.86. The molecule has 0 saturated carbocycles. The van der Waals surface area contributed by atoms with Crippen molar-refractivity contribution in [2.24, 2.45) is 5.41 Å². The van der Waals surface area contributed by atoms with Gasteiger partial charge in [-0.15, -0.1) is 11.8 Å². The highest BCUT2D eigenvalue weighted by molar-refractivity contribution is 7.99. The van der Waals surface area contributed by atoms with Gasteiger partial charge in [0.15, 0.2) is 0 Å². The fourth-order valence-electron chi connectivity index (χ4n) is 4.16. The first kappa shape index (κ1) is 23.0. The Morgan fingerprint density at radius 3 is 2.53 bits per heavy atom. The summed E-state index contributed by atoms with van der Waals surface area (Å²) in [5.41, 5.74) is 7.08. The van der Waals surface area contributed by atoms with Crippen LogP contribution in [0.5, 0.6) is 0 Å². The third-order valence-corrected chi connectivity index (χ3v) is 6.78. The maximum Gasteiger partial charge on any atom is 0.123 e. The molecule has 1 N–H and O–H groups in total. The van der Waals surface area contributed by atoms with Crippen LogP contribution in [0.2, 0.25) is 0 Å². The van der Waals surface area contributed by atoms with Crippen LogP contribution in [0, 0.1) is 18.2 Å². The standard InChI is InChI=1S/C26H37FN2S/c1-6-30-24-17-23-22(19(2)25(24)28-15-14-26(3,4)5)9-7-8-16-29(23)18-20-10-12-21(27)13-11-20/h10-13,17,28H,6-9,14-16,18H2,1-5H3. The Hall–Kier alpha value is -1.68. The molecule has 0 atom stereocenters. The largest absolute Gasteiger partial charge is 0.384 e. The van der Waals surface area contributed by atoms with Crippen molar-refractivity contribution in [1.82, 2.24) is 0 Å². The molecule has 0 bridgehead atoms. The number of nitrogens with zero attached hydrogens (tertiary/aromatic N) is 1. The van der Waals surface area contributed by atoms with E-state index in [4.69, 9.17) is 0 Å². The zero-order valence-electron chi connectivity index (χ0n) is 19.3. The number of fused-ring (bicyclic) bond motifs is 1. The smallest absolute Gasteiger partial charge is 0.123 e. The molecule has 2 nitrogen and oxygen atoms in total. The highest BCUT2D eigenvalue weighted by Gasteiger charge is 2.22. The Balaban J connectivity index is 1.93. The van der Waals surface area contributed by atoms with Gasteiger partial charge in [-0.2, -0.15) is 0 Å². The number of hydrogen-bond donors (Lipinski definition) is 1. The van der Waals surface area contributed by atoms with Crippen molar-refractivity contribution in [3.63, 3.8) is 0 Å². The van der Waals surface area contributed by atoms with Gasteiger partial charge in [-0.25, -0.2) is 4.39 Å². The molecule has 2 aromatic rings. The number of hydrogen-bond acceptors (Lipinski definition) is 3. The second-order valence-electron chi connectivity index (χ2n) is 9.55. The summed E-state index contributed by atoms with van der Waals surface area (Å²) < 4.78 is 13.4. The number of thioether (sulfide) groups is 1. The minimum absolute atomic E-state index is 0.168. The van der Waals surface area contributed by atoms with Crippen molar-refractivity contribution in [2.75, 3.05) is 29.1 Å². The van der Waals surface area contributed by atoms with Gasteiger partial charge < -0.3 is 10.2 Å². The van der Waals surface area contributed by atoms with Gasteiger partial charge in [-0.05, 0) is 78.7 Å². The summed E-state index contributed by atoms with van der Waals surface area (Å²) in [5.74, 6) is 0.892. The summed E-state index contributed by atoms with van der Waals surface area (Å²) in [6, 6.07) is 9.37. The van der Waals surface area contributed by atoms with Gasteiger partial charge in [0.05, 0.1) is 5.69 Å². The van der Waals surface area contributed by atoms with E-state index in [2.05, 4.69) is 50.9 Å². The van der Waals surface area contributed by atoms with Crippen molar-refractivity contribution in [2.45, 2.75) is 71.7 Å². The molecule has 164 valence electrons. The molecule has 0 amide bonds. The third-order valence-electron chi connectivity index (χ3n) is 5.86. The first-order chi connectivity index (χ1) is 14.3. The van der Waals surface area contributed by atoms with E-state index in [1.807, 2.05) is 23.9 Å². The van der Waals surface area contributed by atoms with E-state index < -0.39 is 0 Å². The van der Waals surface area contributed by atoms with Crippen molar-refractivity contribution >= 4 is 23.1 Å². The van der Waals surface area contributed by atoms with Crippen LogP contribution in [-0.4, -0.2) is 18.8 Å². The average molecular weight is 429 g/mol. The maximum absolute atomic E-state index is 13.4. The Morgan fingerprint density at radius 1 is 1.13 bits per heavy atom. The van der Waals surface area contributed by atoms with Crippen LogP contribution >= 0.6 is 11.8 Å². The van der Waals surface area contributed by atoms with E-state index >= 15 is 0 Å². The second kappa shape index (κ2) is 10.1. The molecule has 0 aliphatic carbocycles. The molecule has 1 aliphatic heterocycles. The molecule has 30 heavy (non-hydrogen) atoms. The molecule has 0 unspecified atom stereocenters. The average Bonchev–Trinajstić information content (AvgIpc) is 2.88. The molecular formula is C26H37FN2S. The lowest BCUT2D eigenvalue weighted by molar-refractivity contribution is 0.389. The summed E-state index contributed by atoms with van der Waals surface area (Å²) in [5, 5.41) is 3.78. The van der Waals surface area contributed by atoms with Crippen molar-refractivity contribution in [1.29, 1.82) is 0 Å². The lowest BCUT2D eigenvalue weighted by Gasteiger charge is -2.29. The first-order valence-corrected chi connectivity index (χ1v) is 12.3. The molecule has 3 rings (SSSR count). The first-order valence-electron chi connectivity index (χ1n) is 11.3. The van der Waals surface area contributed by atoms with Gasteiger partial charge in [-0.3, -0.25) is 0 Å². The number of rotatable bonds is 7. The molecule has 1 aliphatic rings. The number of anilines is 2. The van der Waals surface area contributed by atoms with Gasteiger partial charge in [0.25, 0.3) is 0 Å². The van der Waals surface area contributed by atoms with Crippen LogP contribution in [-0.2, 0) is 13.0 Å². The molecule has 0 aromatic heterocycles. The Labute approximate surface area is 186 Å². The number of nitrogens with one attached hydrogen (secondary N) is 1. The van der Waals surface area contributed by atoms with Crippen LogP contribution < -0.4 is 10.2 Å². The minimum atomic E-state index is -0.168. The molecule has 2 aromatic carbocycles. The molecule has 4 heteroatoms. The van der Waals surface area contributed by atoms with E-state index in [9.17, 15) is 4.39 Å². The predicted octanol–water partition coefficient (Wildman–Crippen LogP) is 7.44. The summed E-state index contributed by atoms with van der Waals surface area (Å²) in [7, 11) is 0. The molecule has 1 heterocycles. The topological polar surface area (TPSA) is 15.3 Å². The zero-order chi connectivity index (χ0) is 21.7. The fourth-order valence-corrected chi connectivity index (χ4v) is 5.04. The summed E-state index contributed by atoms with van der Waals surface area (Å²) >= 11 is 1.93. The Morgan fingerprint density at radius 2 is 1.87 bits per heavy atom. The molecular weight excluding hydrogens is 391 g/mol.